The van der Waals surface area contributed by atoms with Crippen LogP contribution >= 0.6 is 11.8 Å². The molecule has 1 N–H and O–H groups in total. The summed E-state index contributed by atoms with van der Waals surface area (Å²) in [5.41, 5.74) is 0.506. The maximum absolute atomic E-state index is 12.8. The topological polar surface area (TPSA) is 65.0 Å². The van der Waals surface area contributed by atoms with E-state index in [-0.39, 0.29) is 17.1 Å². The summed E-state index contributed by atoms with van der Waals surface area (Å²) in [7, 11) is 3.72. The van der Waals surface area contributed by atoms with Crippen molar-refractivity contribution < 1.29 is 9.59 Å². The highest BCUT2D eigenvalue weighted by molar-refractivity contribution is 8.00. The number of piperidine rings is 1. The van der Waals surface area contributed by atoms with Crippen LogP contribution in [0, 0.1) is 6.92 Å². The third kappa shape index (κ3) is 3.72. The van der Waals surface area contributed by atoms with Gasteiger partial charge in [0.25, 0.3) is 5.91 Å². The van der Waals surface area contributed by atoms with Crippen molar-refractivity contribution in [1.29, 1.82) is 0 Å². The number of carbonyl (C=O) groups excluding carboxylic acids is 2. The van der Waals surface area contributed by atoms with Crippen molar-refractivity contribution >= 4 is 29.5 Å². The summed E-state index contributed by atoms with van der Waals surface area (Å²) in [5, 5.41) is 2.70. The number of likely N-dealkylation sites (tertiary alicyclic amines) is 1. The van der Waals surface area contributed by atoms with E-state index in [0.29, 0.717) is 31.9 Å². The molecule has 3 rings (SSSR count). The van der Waals surface area contributed by atoms with Gasteiger partial charge in [0.2, 0.25) is 11.9 Å². The lowest BCUT2D eigenvalue weighted by atomic mass is 9.88. The summed E-state index contributed by atoms with van der Waals surface area (Å²) in [6, 6.07) is 8.22. The number of carbonyl (C=O) groups is 2. The highest BCUT2D eigenvalue weighted by atomic mass is 32.2. The van der Waals surface area contributed by atoms with Gasteiger partial charge in [-0.2, -0.15) is 0 Å². The van der Waals surface area contributed by atoms with Gasteiger partial charge in [-0.15, -0.1) is 11.8 Å². The van der Waals surface area contributed by atoms with Crippen molar-refractivity contribution in [3.05, 3.63) is 29.8 Å². The van der Waals surface area contributed by atoms with E-state index < -0.39 is 5.54 Å². The number of nitrogens with zero attached hydrogens (tertiary/aromatic N) is 3. The van der Waals surface area contributed by atoms with Gasteiger partial charge in [0.15, 0.2) is 0 Å². The molecule has 2 heterocycles. The molecule has 0 aromatic heterocycles. The standard InChI is InChI=1S/C19H26N4O2S/c1-13-5-7-15(8-6-13)26-14(2)16(24)23-11-9-19(10-12-23)17(25)20-18(21-19)22(3)4/h5-8,14H,9-12H2,1-4H3,(H,20,21,25). The fraction of sp³-hybridized carbons (Fsp3) is 0.526. The van der Waals surface area contributed by atoms with E-state index >= 15 is 0 Å². The van der Waals surface area contributed by atoms with Crippen LogP contribution in [0.2, 0.25) is 0 Å². The predicted molar refractivity (Wildman–Crippen MR) is 104 cm³/mol. The van der Waals surface area contributed by atoms with Gasteiger partial charge in [0.1, 0.15) is 5.54 Å². The fourth-order valence-corrected chi connectivity index (χ4v) is 4.23. The maximum Gasteiger partial charge on any atom is 0.254 e. The minimum Gasteiger partial charge on any atom is -0.349 e. The first-order valence-electron chi connectivity index (χ1n) is 8.91. The zero-order valence-electron chi connectivity index (χ0n) is 15.8. The molecule has 1 atom stereocenters. The quantitative estimate of drug-likeness (QED) is 0.821. The second-order valence-electron chi connectivity index (χ2n) is 7.21. The number of aryl methyl sites for hydroxylation is 1. The van der Waals surface area contributed by atoms with Crippen molar-refractivity contribution in [3.63, 3.8) is 0 Å². The normalized spacial score (nSPS) is 19.9. The Morgan fingerprint density at radius 2 is 1.88 bits per heavy atom. The SMILES string of the molecule is Cc1ccc(SC(C)C(=O)N2CCC3(CC2)N=C(N(C)C)NC3=O)cc1. The van der Waals surface area contributed by atoms with Crippen LogP contribution in [0.3, 0.4) is 0 Å². The summed E-state index contributed by atoms with van der Waals surface area (Å²) >= 11 is 1.58. The van der Waals surface area contributed by atoms with Gasteiger partial charge in [-0.25, -0.2) is 4.99 Å². The molecule has 1 fully saturated rings. The molecule has 7 heteroatoms. The van der Waals surface area contributed by atoms with Gasteiger partial charge >= 0.3 is 0 Å². The first-order chi connectivity index (χ1) is 12.3. The van der Waals surface area contributed by atoms with Crippen LogP contribution in [0.1, 0.15) is 25.3 Å². The molecule has 1 aromatic carbocycles. The molecule has 0 bridgehead atoms. The summed E-state index contributed by atoms with van der Waals surface area (Å²) in [6.45, 7) is 5.13. The van der Waals surface area contributed by atoms with Gasteiger partial charge in [0.05, 0.1) is 5.25 Å². The number of thioether (sulfide) groups is 1. The number of nitrogens with one attached hydrogen (secondary N) is 1. The summed E-state index contributed by atoms with van der Waals surface area (Å²) in [4.78, 5) is 34.6. The monoisotopic (exact) mass is 374 g/mol. The molecule has 1 spiro atoms. The number of benzene rings is 1. The summed E-state index contributed by atoms with van der Waals surface area (Å²) in [5.74, 6) is 0.689. The fourth-order valence-electron chi connectivity index (χ4n) is 3.28. The molecule has 26 heavy (non-hydrogen) atoms. The average Bonchev–Trinajstić information content (AvgIpc) is 2.94. The molecule has 2 amide bonds. The molecule has 1 unspecified atom stereocenters. The minimum absolute atomic E-state index is 0.0459. The van der Waals surface area contributed by atoms with E-state index in [1.54, 1.807) is 11.8 Å². The molecule has 0 radical (unpaired) electrons. The zero-order chi connectivity index (χ0) is 18.9. The van der Waals surface area contributed by atoms with Crippen LogP contribution in [-0.4, -0.2) is 65.5 Å². The Hall–Kier alpha value is -2.02. The van der Waals surface area contributed by atoms with E-state index in [4.69, 9.17) is 0 Å². The summed E-state index contributed by atoms with van der Waals surface area (Å²) in [6.07, 6.45) is 1.15. The summed E-state index contributed by atoms with van der Waals surface area (Å²) < 4.78 is 0. The molecule has 140 valence electrons. The van der Waals surface area contributed by atoms with E-state index in [2.05, 4.69) is 41.5 Å². The zero-order valence-corrected chi connectivity index (χ0v) is 16.6. The van der Waals surface area contributed by atoms with Crippen LogP contribution in [0.5, 0.6) is 0 Å². The number of guanidine groups is 1. The predicted octanol–water partition coefficient (Wildman–Crippen LogP) is 1.88. The molecule has 2 aliphatic heterocycles. The van der Waals surface area contributed by atoms with Gasteiger partial charge in [-0.05, 0) is 38.8 Å². The molecule has 2 aliphatic rings. The largest absolute Gasteiger partial charge is 0.349 e. The van der Waals surface area contributed by atoms with Crippen molar-refractivity contribution in [2.24, 2.45) is 4.99 Å². The second kappa shape index (κ2) is 7.31. The average molecular weight is 375 g/mol. The lowest BCUT2D eigenvalue weighted by Gasteiger charge is -2.36. The first kappa shape index (κ1) is 18.8. The Kier molecular flexibility index (Phi) is 5.27. The molecule has 0 aliphatic carbocycles. The lowest BCUT2D eigenvalue weighted by molar-refractivity contribution is -0.134. The van der Waals surface area contributed by atoms with E-state index in [1.807, 2.05) is 30.8 Å². The highest BCUT2D eigenvalue weighted by Crippen LogP contribution is 2.32. The smallest absolute Gasteiger partial charge is 0.254 e. The minimum atomic E-state index is -0.705. The Balaban J connectivity index is 1.60. The van der Waals surface area contributed by atoms with Crippen LogP contribution in [-0.2, 0) is 9.59 Å². The number of rotatable bonds is 3. The molecular formula is C19H26N4O2S. The number of amides is 2. The van der Waals surface area contributed by atoms with Crippen LogP contribution in [0.4, 0.5) is 0 Å². The lowest BCUT2D eigenvalue weighted by Crippen LogP contribution is -2.51. The van der Waals surface area contributed by atoms with E-state index in [9.17, 15) is 9.59 Å². The molecule has 1 saturated heterocycles. The van der Waals surface area contributed by atoms with E-state index in [1.165, 1.54) is 5.56 Å². The Labute approximate surface area is 159 Å². The van der Waals surface area contributed by atoms with Crippen LogP contribution < -0.4 is 5.32 Å². The molecule has 6 nitrogen and oxygen atoms in total. The second-order valence-corrected chi connectivity index (χ2v) is 8.63. The Bertz CT molecular complexity index is 722. The molecular weight excluding hydrogens is 348 g/mol. The van der Waals surface area contributed by atoms with Crippen molar-refractivity contribution in [1.82, 2.24) is 15.1 Å². The highest BCUT2D eigenvalue weighted by Gasteiger charge is 2.47. The van der Waals surface area contributed by atoms with Crippen molar-refractivity contribution in [2.45, 2.75) is 42.4 Å². The van der Waals surface area contributed by atoms with Crippen LogP contribution in [0.25, 0.3) is 0 Å². The van der Waals surface area contributed by atoms with Crippen LogP contribution in [0.15, 0.2) is 34.2 Å². The number of hydrogen-bond donors (Lipinski definition) is 1. The Morgan fingerprint density at radius 3 is 2.42 bits per heavy atom. The first-order valence-corrected chi connectivity index (χ1v) is 9.79. The number of aliphatic imine (C=N–C) groups is 1. The third-order valence-corrected chi connectivity index (χ3v) is 6.07. The molecule has 1 aromatic rings. The van der Waals surface area contributed by atoms with Gasteiger partial charge in [0, 0.05) is 32.1 Å². The van der Waals surface area contributed by atoms with Gasteiger partial charge in [-0.3, -0.25) is 14.9 Å². The van der Waals surface area contributed by atoms with Gasteiger partial charge < -0.3 is 9.80 Å². The maximum atomic E-state index is 12.8. The van der Waals surface area contributed by atoms with Crippen molar-refractivity contribution in [2.75, 3.05) is 27.2 Å². The van der Waals surface area contributed by atoms with E-state index in [0.717, 1.165) is 4.90 Å². The third-order valence-electron chi connectivity index (χ3n) is 4.98. The van der Waals surface area contributed by atoms with Crippen molar-refractivity contribution in [3.8, 4) is 0 Å². The van der Waals surface area contributed by atoms with Gasteiger partial charge in [-0.1, -0.05) is 17.7 Å². The number of hydrogen-bond acceptors (Lipinski definition) is 5. The molecule has 0 saturated carbocycles. The Morgan fingerprint density at radius 1 is 1.27 bits per heavy atom.